The molecule has 100 valence electrons. The molecule has 0 bridgehead atoms. The Hall–Kier alpha value is -0.170. The van der Waals surface area contributed by atoms with Crippen LogP contribution >= 0.6 is 0 Å². The number of nitrogens with zero attached hydrogens (tertiary/aromatic N) is 1. The fraction of sp³-hybridized carbons (Fsp3) is 1.00. The topological polar surface area (TPSA) is 58.6 Å². The summed E-state index contributed by atoms with van der Waals surface area (Å²) in [6.07, 6.45) is 2.41. The number of piperidine rings is 1. The van der Waals surface area contributed by atoms with E-state index in [0.717, 1.165) is 32.4 Å². The van der Waals surface area contributed by atoms with Crippen LogP contribution in [-0.4, -0.2) is 56.9 Å². The molecule has 0 amide bonds. The molecule has 0 spiro atoms. The van der Waals surface area contributed by atoms with Crippen molar-refractivity contribution in [1.29, 1.82) is 0 Å². The van der Waals surface area contributed by atoms with Crippen LogP contribution in [0.15, 0.2) is 0 Å². The molecule has 0 aromatic carbocycles. The zero-order valence-electron chi connectivity index (χ0n) is 10.4. The molecule has 2 rings (SSSR count). The predicted octanol–water partition coefficient (Wildman–Crippen LogP) is 0.179. The van der Waals surface area contributed by atoms with E-state index in [2.05, 4.69) is 5.32 Å². The van der Waals surface area contributed by atoms with Crippen molar-refractivity contribution in [2.45, 2.75) is 37.5 Å². The molecule has 0 aliphatic carbocycles. The molecule has 17 heavy (non-hydrogen) atoms. The largest absolute Gasteiger partial charge is 0.375 e. The van der Waals surface area contributed by atoms with Crippen molar-refractivity contribution in [3.63, 3.8) is 0 Å². The number of ether oxygens (including phenoxy) is 1. The summed E-state index contributed by atoms with van der Waals surface area (Å²) in [5, 5.41) is 3.01. The van der Waals surface area contributed by atoms with E-state index in [-0.39, 0.29) is 11.4 Å². The monoisotopic (exact) mass is 262 g/mol. The molecule has 6 heteroatoms. The quantitative estimate of drug-likeness (QED) is 0.788. The van der Waals surface area contributed by atoms with E-state index in [1.165, 1.54) is 0 Å². The summed E-state index contributed by atoms with van der Waals surface area (Å²) in [5.74, 6) is 0. The minimum absolute atomic E-state index is 0.0697. The highest BCUT2D eigenvalue weighted by Gasteiger charge is 2.35. The maximum absolute atomic E-state index is 12.4. The normalized spacial score (nSPS) is 29.4. The lowest BCUT2D eigenvalue weighted by Gasteiger charge is -2.35. The van der Waals surface area contributed by atoms with Gasteiger partial charge >= 0.3 is 0 Å². The molecule has 2 aliphatic rings. The third kappa shape index (κ3) is 2.99. The van der Waals surface area contributed by atoms with Gasteiger partial charge in [-0.3, -0.25) is 0 Å². The summed E-state index contributed by atoms with van der Waals surface area (Å²) in [4.78, 5) is 0. The first-order valence-corrected chi connectivity index (χ1v) is 7.96. The van der Waals surface area contributed by atoms with Gasteiger partial charge in [0.1, 0.15) is 0 Å². The average Bonchev–Trinajstić information content (AvgIpc) is 2.40. The number of sulfonamides is 1. The van der Waals surface area contributed by atoms with Gasteiger partial charge in [0.15, 0.2) is 0 Å². The molecule has 0 aromatic rings. The Labute approximate surface area is 104 Å². The molecule has 2 saturated heterocycles. The Morgan fingerprint density at radius 1 is 1.35 bits per heavy atom. The molecule has 0 aromatic heterocycles. The van der Waals surface area contributed by atoms with E-state index < -0.39 is 10.0 Å². The van der Waals surface area contributed by atoms with Crippen LogP contribution in [0.1, 0.15) is 26.2 Å². The molecular weight excluding hydrogens is 240 g/mol. The van der Waals surface area contributed by atoms with Gasteiger partial charge in [-0.25, -0.2) is 8.42 Å². The third-order valence-corrected chi connectivity index (χ3v) is 5.99. The maximum Gasteiger partial charge on any atom is 0.217 e. The minimum Gasteiger partial charge on any atom is -0.375 e. The second kappa shape index (κ2) is 5.65. The van der Waals surface area contributed by atoms with E-state index in [1.807, 2.05) is 6.92 Å². The summed E-state index contributed by atoms with van der Waals surface area (Å²) >= 11 is 0. The van der Waals surface area contributed by atoms with Crippen molar-refractivity contribution < 1.29 is 13.2 Å². The zero-order chi connectivity index (χ0) is 12.3. The summed E-state index contributed by atoms with van der Waals surface area (Å²) in [5.41, 5.74) is 0. The van der Waals surface area contributed by atoms with Crippen LogP contribution in [0.5, 0.6) is 0 Å². The highest BCUT2D eigenvalue weighted by atomic mass is 32.2. The first kappa shape index (κ1) is 13.3. The van der Waals surface area contributed by atoms with Gasteiger partial charge in [-0.15, -0.1) is 0 Å². The van der Waals surface area contributed by atoms with Gasteiger partial charge in [0.05, 0.1) is 18.0 Å². The van der Waals surface area contributed by atoms with E-state index in [0.29, 0.717) is 19.7 Å². The Bertz CT molecular complexity index is 339. The van der Waals surface area contributed by atoms with Gasteiger partial charge in [-0.2, -0.15) is 4.31 Å². The standard InChI is InChI=1S/C11H22N2O3S/c1-2-10-9-13(7-8-16-10)17(14,15)11-3-5-12-6-4-11/h10-12H,2-9H2,1H3. The highest BCUT2D eigenvalue weighted by molar-refractivity contribution is 7.89. The zero-order valence-corrected chi connectivity index (χ0v) is 11.2. The summed E-state index contributed by atoms with van der Waals surface area (Å²) in [6.45, 7) is 5.23. The van der Waals surface area contributed by atoms with Crippen molar-refractivity contribution in [3.05, 3.63) is 0 Å². The number of morpholine rings is 1. The van der Waals surface area contributed by atoms with E-state index in [1.54, 1.807) is 4.31 Å². The smallest absolute Gasteiger partial charge is 0.217 e. The number of rotatable bonds is 3. The lowest BCUT2D eigenvalue weighted by Crippen LogP contribution is -2.50. The molecule has 1 unspecified atom stereocenters. The van der Waals surface area contributed by atoms with Crippen LogP contribution in [0, 0.1) is 0 Å². The van der Waals surface area contributed by atoms with Gasteiger partial charge in [0.2, 0.25) is 10.0 Å². The van der Waals surface area contributed by atoms with E-state index >= 15 is 0 Å². The minimum atomic E-state index is -3.11. The summed E-state index contributed by atoms with van der Waals surface area (Å²) in [6, 6.07) is 0. The molecule has 1 atom stereocenters. The Morgan fingerprint density at radius 3 is 2.71 bits per heavy atom. The predicted molar refractivity (Wildman–Crippen MR) is 66.4 cm³/mol. The first-order chi connectivity index (χ1) is 8.14. The number of nitrogens with one attached hydrogen (secondary N) is 1. The summed E-state index contributed by atoms with van der Waals surface area (Å²) in [7, 11) is -3.11. The average molecular weight is 262 g/mol. The van der Waals surface area contributed by atoms with E-state index in [4.69, 9.17) is 4.74 Å². The second-order valence-corrected chi connectivity index (χ2v) is 6.97. The molecule has 0 radical (unpaired) electrons. The van der Waals surface area contributed by atoms with Crippen LogP contribution in [0.4, 0.5) is 0 Å². The van der Waals surface area contributed by atoms with Crippen molar-refractivity contribution in [2.24, 2.45) is 0 Å². The Morgan fingerprint density at radius 2 is 2.06 bits per heavy atom. The SMILES string of the molecule is CCC1CN(S(=O)(=O)C2CCNCC2)CCO1. The van der Waals surface area contributed by atoms with Crippen LogP contribution in [0.2, 0.25) is 0 Å². The first-order valence-electron chi connectivity index (χ1n) is 6.46. The van der Waals surface area contributed by atoms with Crippen LogP contribution in [-0.2, 0) is 14.8 Å². The van der Waals surface area contributed by atoms with Gasteiger partial charge < -0.3 is 10.1 Å². The molecule has 1 N–H and O–H groups in total. The number of hydrogen-bond donors (Lipinski definition) is 1. The highest BCUT2D eigenvalue weighted by Crippen LogP contribution is 2.21. The fourth-order valence-corrected chi connectivity index (χ4v) is 4.43. The van der Waals surface area contributed by atoms with Crippen molar-refractivity contribution in [2.75, 3.05) is 32.8 Å². The maximum atomic E-state index is 12.4. The van der Waals surface area contributed by atoms with Gasteiger partial charge in [-0.1, -0.05) is 6.92 Å². The van der Waals surface area contributed by atoms with Crippen molar-refractivity contribution in [1.82, 2.24) is 9.62 Å². The third-order valence-electron chi connectivity index (χ3n) is 3.62. The molecule has 2 fully saturated rings. The summed E-state index contributed by atoms with van der Waals surface area (Å²) < 4.78 is 32.1. The fourth-order valence-electron chi connectivity index (χ4n) is 2.47. The van der Waals surface area contributed by atoms with Gasteiger partial charge in [0.25, 0.3) is 0 Å². The number of hydrogen-bond acceptors (Lipinski definition) is 4. The molecule has 2 aliphatic heterocycles. The molecule has 0 saturated carbocycles. The van der Waals surface area contributed by atoms with Crippen molar-refractivity contribution in [3.8, 4) is 0 Å². The van der Waals surface area contributed by atoms with Crippen LogP contribution < -0.4 is 5.32 Å². The molecule has 5 nitrogen and oxygen atoms in total. The van der Waals surface area contributed by atoms with Crippen molar-refractivity contribution >= 4 is 10.0 Å². The second-order valence-electron chi connectivity index (χ2n) is 4.75. The Balaban J connectivity index is 2.03. The van der Waals surface area contributed by atoms with Crippen LogP contribution in [0.25, 0.3) is 0 Å². The Kier molecular flexibility index (Phi) is 4.41. The molecule has 2 heterocycles. The molecular formula is C11H22N2O3S. The van der Waals surface area contributed by atoms with Gasteiger partial charge in [0, 0.05) is 13.1 Å². The van der Waals surface area contributed by atoms with E-state index in [9.17, 15) is 8.42 Å². The lowest BCUT2D eigenvalue weighted by atomic mass is 10.2. The van der Waals surface area contributed by atoms with Crippen LogP contribution in [0.3, 0.4) is 0 Å². The van der Waals surface area contributed by atoms with Gasteiger partial charge in [-0.05, 0) is 32.4 Å². The lowest BCUT2D eigenvalue weighted by molar-refractivity contribution is -0.00314.